The Kier molecular flexibility index (Phi) is 4.18. The molecular formula is C15H16N4. The molecule has 0 amide bonds. The van der Waals surface area contributed by atoms with E-state index in [0.29, 0.717) is 11.4 Å². The molecule has 0 fully saturated rings. The van der Waals surface area contributed by atoms with Gasteiger partial charge in [-0.25, -0.2) is 0 Å². The first-order valence-corrected chi connectivity index (χ1v) is 5.92. The third kappa shape index (κ3) is 3.61. The second-order valence-electron chi connectivity index (χ2n) is 3.93. The van der Waals surface area contributed by atoms with Crippen molar-refractivity contribution in [2.24, 2.45) is 4.99 Å². The van der Waals surface area contributed by atoms with Gasteiger partial charge in [0, 0.05) is 12.4 Å². The molecule has 0 heterocycles. The number of allylic oxidation sites excluding steroid dienone is 1. The average molecular weight is 252 g/mol. The molecule has 4 heteroatoms. The number of rotatable bonds is 4. The predicted molar refractivity (Wildman–Crippen MR) is 82.6 cm³/mol. The summed E-state index contributed by atoms with van der Waals surface area (Å²) in [4.78, 5) is 4.25. The van der Waals surface area contributed by atoms with Gasteiger partial charge in [-0.15, -0.1) is 0 Å². The Morgan fingerprint density at radius 2 is 1.58 bits per heavy atom. The van der Waals surface area contributed by atoms with Crippen molar-refractivity contribution in [3.63, 3.8) is 0 Å². The third-order valence-electron chi connectivity index (χ3n) is 2.53. The Bertz CT molecular complexity index is 603. The van der Waals surface area contributed by atoms with Crippen LogP contribution in [-0.4, -0.2) is 6.21 Å². The van der Waals surface area contributed by atoms with Crippen LogP contribution in [0.4, 0.5) is 22.7 Å². The molecule has 0 spiro atoms. The largest absolute Gasteiger partial charge is 0.397 e. The summed E-state index contributed by atoms with van der Waals surface area (Å²) in [6, 6.07) is 15.0. The lowest BCUT2D eigenvalue weighted by atomic mass is 10.3. The molecule has 19 heavy (non-hydrogen) atoms. The maximum atomic E-state index is 5.80. The van der Waals surface area contributed by atoms with Gasteiger partial charge in [0.1, 0.15) is 0 Å². The summed E-state index contributed by atoms with van der Waals surface area (Å²) in [5, 5.41) is 3.09. The van der Waals surface area contributed by atoms with Crippen LogP contribution in [0.5, 0.6) is 0 Å². The van der Waals surface area contributed by atoms with Crippen molar-refractivity contribution in [3.05, 3.63) is 60.8 Å². The fourth-order valence-electron chi connectivity index (χ4n) is 1.54. The molecule has 5 N–H and O–H groups in total. The van der Waals surface area contributed by atoms with Crippen molar-refractivity contribution in [2.75, 3.05) is 16.8 Å². The summed E-state index contributed by atoms with van der Waals surface area (Å²) in [6.07, 6.45) is 5.24. The molecule has 0 radical (unpaired) electrons. The molecule has 96 valence electrons. The molecule has 2 aromatic carbocycles. The lowest BCUT2D eigenvalue weighted by Crippen LogP contribution is -1.93. The molecule has 0 saturated heterocycles. The lowest BCUT2D eigenvalue weighted by molar-refractivity contribution is 1.53. The quantitative estimate of drug-likeness (QED) is 0.577. The molecule has 0 bridgehead atoms. The van der Waals surface area contributed by atoms with Crippen LogP contribution in [-0.2, 0) is 0 Å². The van der Waals surface area contributed by atoms with Gasteiger partial charge in [0.25, 0.3) is 0 Å². The number of nitrogens with zero attached hydrogens (tertiary/aromatic N) is 1. The van der Waals surface area contributed by atoms with Crippen molar-refractivity contribution < 1.29 is 0 Å². The molecule has 2 aromatic rings. The van der Waals surface area contributed by atoms with E-state index in [-0.39, 0.29) is 0 Å². The van der Waals surface area contributed by atoms with Crippen molar-refractivity contribution in [1.82, 2.24) is 0 Å². The lowest BCUT2D eigenvalue weighted by Gasteiger charge is -2.03. The van der Waals surface area contributed by atoms with Gasteiger partial charge in [0.2, 0.25) is 0 Å². The highest BCUT2D eigenvalue weighted by Crippen LogP contribution is 2.19. The third-order valence-corrected chi connectivity index (χ3v) is 2.53. The number of nitrogens with two attached hydrogens (primary N) is 2. The molecule has 2 rings (SSSR count). The van der Waals surface area contributed by atoms with Crippen LogP contribution in [0, 0.1) is 0 Å². The first kappa shape index (κ1) is 12.7. The van der Waals surface area contributed by atoms with Crippen molar-refractivity contribution in [3.8, 4) is 0 Å². The second-order valence-corrected chi connectivity index (χ2v) is 3.93. The topological polar surface area (TPSA) is 76.4 Å². The molecule has 4 nitrogen and oxygen atoms in total. The minimum absolute atomic E-state index is 0.660. The van der Waals surface area contributed by atoms with Gasteiger partial charge in [-0.1, -0.05) is 24.3 Å². The van der Waals surface area contributed by atoms with Crippen LogP contribution in [0.1, 0.15) is 0 Å². The highest BCUT2D eigenvalue weighted by atomic mass is 14.9. The van der Waals surface area contributed by atoms with Crippen LogP contribution >= 0.6 is 0 Å². The van der Waals surface area contributed by atoms with Gasteiger partial charge in [0.05, 0.1) is 22.7 Å². The normalized spacial score (nSPS) is 11.2. The maximum absolute atomic E-state index is 5.80. The summed E-state index contributed by atoms with van der Waals surface area (Å²) in [6.45, 7) is 0. The fourth-order valence-corrected chi connectivity index (χ4v) is 1.54. The number of benzene rings is 2. The van der Waals surface area contributed by atoms with Crippen LogP contribution in [0.3, 0.4) is 0 Å². The summed E-state index contributed by atoms with van der Waals surface area (Å²) >= 11 is 0. The van der Waals surface area contributed by atoms with Gasteiger partial charge in [-0.05, 0) is 30.3 Å². The van der Waals surface area contributed by atoms with E-state index in [9.17, 15) is 0 Å². The molecule has 0 aliphatic carbocycles. The number of hydrogen-bond acceptors (Lipinski definition) is 4. The molecule has 0 saturated carbocycles. The zero-order valence-electron chi connectivity index (χ0n) is 10.5. The fraction of sp³-hybridized carbons (Fsp3) is 0. The van der Waals surface area contributed by atoms with E-state index in [4.69, 9.17) is 11.5 Å². The molecule has 0 aliphatic rings. The monoisotopic (exact) mass is 252 g/mol. The Labute approximate surface area is 112 Å². The summed E-state index contributed by atoms with van der Waals surface area (Å²) < 4.78 is 0. The zero-order chi connectivity index (χ0) is 13.5. The SMILES string of the molecule is Nc1ccccc1N=C/C=C/Nc1ccccc1N. The van der Waals surface area contributed by atoms with Crippen molar-refractivity contribution in [1.29, 1.82) is 0 Å². The summed E-state index contributed by atoms with van der Waals surface area (Å²) in [7, 11) is 0. The Balaban J connectivity index is 1.94. The Morgan fingerprint density at radius 1 is 0.895 bits per heavy atom. The minimum Gasteiger partial charge on any atom is -0.397 e. The summed E-state index contributed by atoms with van der Waals surface area (Å²) in [5.41, 5.74) is 14.6. The van der Waals surface area contributed by atoms with Gasteiger partial charge in [-0.3, -0.25) is 4.99 Å². The summed E-state index contributed by atoms with van der Waals surface area (Å²) in [5.74, 6) is 0. The van der Waals surface area contributed by atoms with Crippen LogP contribution < -0.4 is 16.8 Å². The highest BCUT2D eigenvalue weighted by Gasteiger charge is 1.92. The molecule has 0 unspecified atom stereocenters. The van der Waals surface area contributed by atoms with Crippen molar-refractivity contribution >= 4 is 29.0 Å². The van der Waals surface area contributed by atoms with Crippen LogP contribution in [0.25, 0.3) is 0 Å². The Morgan fingerprint density at radius 3 is 2.32 bits per heavy atom. The van der Waals surface area contributed by atoms with Gasteiger partial charge >= 0.3 is 0 Å². The number of nitrogen functional groups attached to an aromatic ring is 2. The number of nitrogens with one attached hydrogen (secondary N) is 1. The van der Waals surface area contributed by atoms with Crippen LogP contribution in [0.15, 0.2) is 65.8 Å². The molecule has 0 aliphatic heterocycles. The second kappa shape index (κ2) is 6.26. The van der Waals surface area contributed by atoms with E-state index >= 15 is 0 Å². The standard InChI is InChI=1S/C15H16N4/c16-12-6-1-3-8-14(12)18-10-5-11-19-15-9-4-2-7-13(15)17/h1-11,18H,16-17H2/b10-5+,19-11?. The van der Waals surface area contributed by atoms with E-state index in [2.05, 4.69) is 10.3 Å². The number of anilines is 3. The van der Waals surface area contributed by atoms with Gasteiger partial charge in [0.15, 0.2) is 0 Å². The molecule has 0 atom stereocenters. The van der Waals surface area contributed by atoms with Gasteiger partial charge < -0.3 is 16.8 Å². The van der Waals surface area contributed by atoms with E-state index in [0.717, 1.165) is 11.4 Å². The smallest absolute Gasteiger partial charge is 0.0858 e. The molecule has 0 aromatic heterocycles. The van der Waals surface area contributed by atoms with E-state index in [1.54, 1.807) is 18.5 Å². The average Bonchev–Trinajstić information content (AvgIpc) is 2.42. The number of para-hydroxylation sites is 4. The zero-order valence-corrected chi connectivity index (χ0v) is 10.5. The van der Waals surface area contributed by atoms with Crippen LogP contribution in [0.2, 0.25) is 0 Å². The van der Waals surface area contributed by atoms with E-state index in [1.165, 1.54) is 0 Å². The number of aliphatic imine (C=N–C) groups is 1. The highest BCUT2D eigenvalue weighted by molar-refractivity contribution is 5.78. The predicted octanol–water partition coefficient (Wildman–Crippen LogP) is 3.18. The Hall–Kier alpha value is -2.75. The maximum Gasteiger partial charge on any atom is 0.0858 e. The molecular weight excluding hydrogens is 236 g/mol. The van der Waals surface area contributed by atoms with E-state index in [1.807, 2.05) is 48.5 Å². The number of hydrogen-bond donors (Lipinski definition) is 3. The van der Waals surface area contributed by atoms with Gasteiger partial charge in [-0.2, -0.15) is 0 Å². The first-order chi connectivity index (χ1) is 9.27. The first-order valence-electron chi connectivity index (χ1n) is 5.92. The minimum atomic E-state index is 0.660. The van der Waals surface area contributed by atoms with E-state index < -0.39 is 0 Å². The van der Waals surface area contributed by atoms with Crippen molar-refractivity contribution in [2.45, 2.75) is 0 Å².